The molecule has 0 aromatic heterocycles. The normalized spacial score (nSPS) is 17.9. The van der Waals surface area contributed by atoms with Gasteiger partial charge in [0.2, 0.25) is 5.91 Å². The number of anilines is 1. The number of amides is 2. The van der Waals surface area contributed by atoms with E-state index in [0.29, 0.717) is 26.0 Å². The lowest BCUT2D eigenvalue weighted by molar-refractivity contribution is -0.116. The van der Waals surface area contributed by atoms with E-state index in [0.717, 1.165) is 49.4 Å². The number of hydrogen-bond acceptors (Lipinski definition) is 6. The molecule has 0 saturated carbocycles. The Morgan fingerprint density at radius 3 is 2.83 bits per heavy atom. The number of piperidine rings is 1. The van der Waals surface area contributed by atoms with E-state index in [4.69, 9.17) is 9.47 Å². The molecule has 9 heteroatoms. The lowest BCUT2D eigenvalue weighted by Crippen LogP contribution is -2.47. The highest BCUT2D eigenvalue weighted by Gasteiger charge is 2.23. The maximum atomic E-state index is 11.6. The van der Waals surface area contributed by atoms with Gasteiger partial charge in [-0.3, -0.25) is 4.79 Å². The molecule has 0 radical (unpaired) electrons. The number of β-amino-alcohol motifs (C(OH)–C–C–N with tert-alkyl or cyclic N) is 1. The van der Waals surface area contributed by atoms with Gasteiger partial charge in [-0.15, -0.1) is 12.4 Å². The first-order chi connectivity index (χ1) is 14.0. The van der Waals surface area contributed by atoms with E-state index < -0.39 is 6.10 Å². The van der Waals surface area contributed by atoms with Gasteiger partial charge in [0, 0.05) is 43.3 Å². The lowest BCUT2D eigenvalue weighted by Gasteiger charge is -2.33. The number of alkyl carbamates (subject to hydrolysis) is 1. The number of rotatable bonds is 8. The Morgan fingerprint density at radius 2 is 2.10 bits per heavy atom. The average Bonchev–Trinajstić information content (AvgIpc) is 2.72. The SMILES string of the molecule is CCCOC(=O)NC1CCN(CC(O)COc2cccc3c2CCC(=O)N3)CC1.Cl. The molecule has 1 atom stereocenters. The number of fused-ring (bicyclic) bond motifs is 1. The van der Waals surface area contributed by atoms with E-state index in [-0.39, 0.29) is 37.1 Å². The average molecular weight is 442 g/mol. The molecule has 3 N–H and O–H groups in total. The molecule has 0 aliphatic carbocycles. The van der Waals surface area contributed by atoms with Crippen LogP contribution in [0.2, 0.25) is 0 Å². The van der Waals surface area contributed by atoms with Crippen LogP contribution in [0.15, 0.2) is 18.2 Å². The summed E-state index contributed by atoms with van der Waals surface area (Å²) in [5, 5.41) is 16.1. The number of halogens is 1. The van der Waals surface area contributed by atoms with Gasteiger partial charge in [0.25, 0.3) is 0 Å². The highest BCUT2D eigenvalue weighted by molar-refractivity contribution is 5.94. The van der Waals surface area contributed by atoms with Crippen LogP contribution >= 0.6 is 12.4 Å². The van der Waals surface area contributed by atoms with Gasteiger partial charge in [0.05, 0.1) is 6.61 Å². The first-order valence-corrected chi connectivity index (χ1v) is 10.4. The van der Waals surface area contributed by atoms with Crippen LogP contribution in [0.1, 0.15) is 38.2 Å². The minimum atomic E-state index is -0.608. The number of nitrogens with zero attached hydrogens (tertiary/aromatic N) is 1. The molecule has 8 nitrogen and oxygen atoms in total. The quantitative estimate of drug-likeness (QED) is 0.572. The predicted molar refractivity (Wildman–Crippen MR) is 116 cm³/mol. The summed E-state index contributed by atoms with van der Waals surface area (Å²) in [7, 11) is 0. The van der Waals surface area contributed by atoms with Gasteiger partial charge in [0.1, 0.15) is 18.5 Å². The largest absolute Gasteiger partial charge is 0.490 e. The van der Waals surface area contributed by atoms with Gasteiger partial charge in [0.15, 0.2) is 0 Å². The molecule has 0 bridgehead atoms. The highest BCUT2D eigenvalue weighted by atomic mass is 35.5. The summed E-state index contributed by atoms with van der Waals surface area (Å²) in [4.78, 5) is 25.4. The van der Waals surface area contributed by atoms with Crippen molar-refractivity contribution in [1.82, 2.24) is 10.2 Å². The Kier molecular flexibility index (Phi) is 9.68. The molecule has 0 spiro atoms. The summed E-state index contributed by atoms with van der Waals surface area (Å²) in [6.45, 7) is 4.74. The van der Waals surface area contributed by atoms with E-state index in [9.17, 15) is 14.7 Å². The summed E-state index contributed by atoms with van der Waals surface area (Å²) < 4.78 is 10.9. The smallest absolute Gasteiger partial charge is 0.407 e. The fourth-order valence-electron chi connectivity index (χ4n) is 3.73. The molecule has 2 aliphatic heterocycles. The van der Waals surface area contributed by atoms with Crippen molar-refractivity contribution in [2.45, 2.75) is 51.2 Å². The zero-order valence-electron chi connectivity index (χ0n) is 17.4. The van der Waals surface area contributed by atoms with E-state index in [1.165, 1.54) is 0 Å². The van der Waals surface area contributed by atoms with Crippen LogP contribution < -0.4 is 15.4 Å². The van der Waals surface area contributed by atoms with Crippen molar-refractivity contribution in [3.05, 3.63) is 23.8 Å². The Balaban J connectivity index is 0.00000320. The van der Waals surface area contributed by atoms with Crippen molar-refractivity contribution in [3.8, 4) is 5.75 Å². The Labute approximate surface area is 183 Å². The topological polar surface area (TPSA) is 100 Å². The van der Waals surface area contributed by atoms with Gasteiger partial charge in [-0.05, 0) is 37.8 Å². The van der Waals surface area contributed by atoms with Crippen LogP contribution in [0.5, 0.6) is 5.75 Å². The summed E-state index contributed by atoms with van der Waals surface area (Å²) in [6, 6.07) is 5.70. The van der Waals surface area contributed by atoms with E-state index in [1.54, 1.807) is 0 Å². The van der Waals surface area contributed by atoms with E-state index >= 15 is 0 Å². The Morgan fingerprint density at radius 1 is 1.33 bits per heavy atom. The number of hydrogen-bond donors (Lipinski definition) is 3. The van der Waals surface area contributed by atoms with Crippen molar-refractivity contribution in [2.24, 2.45) is 0 Å². The van der Waals surface area contributed by atoms with Gasteiger partial charge in [-0.1, -0.05) is 13.0 Å². The molecule has 2 amide bonds. The van der Waals surface area contributed by atoms with Gasteiger partial charge in [-0.2, -0.15) is 0 Å². The van der Waals surface area contributed by atoms with Gasteiger partial charge >= 0.3 is 6.09 Å². The van der Waals surface area contributed by atoms with Crippen molar-refractivity contribution in [1.29, 1.82) is 0 Å². The molecule has 1 unspecified atom stereocenters. The summed E-state index contributed by atoms with van der Waals surface area (Å²) in [6.07, 6.45) is 2.62. The fourth-order valence-corrected chi connectivity index (χ4v) is 3.73. The molecule has 168 valence electrons. The number of ether oxygens (including phenoxy) is 2. The molecule has 1 saturated heterocycles. The molecule has 2 aliphatic rings. The molecule has 2 heterocycles. The van der Waals surface area contributed by atoms with Crippen molar-refractivity contribution in [3.63, 3.8) is 0 Å². The number of likely N-dealkylation sites (tertiary alicyclic amines) is 1. The summed E-state index contributed by atoms with van der Waals surface area (Å²) in [5.74, 6) is 0.737. The van der Waals surface area contributed by atoms with Gasteiger partial charge in [-0.25, -0.2) is 4.79 Å². The zero-order valence-corrected chi connectivity index (χ0v) is 18.2. The van der Waals surface area contributed by atoms with Crippen LogP contribution in [-0.4, -0.2) is 67.0 Å². The third-order valence-corrected chi connectivity index (χ3v) is 5.26. The predicted octanol–water partition coefficient (Wildman–Crippen LogP) is 2.33. The van der Waals surface area contributed by atoms with E-state index in [1.807, 2.05) is 25.1 Å². The number of aliphatic hydroxyl groups excluding tert-OH is 1. The Hall–Kier alpha value is -2.03. The Bertz CT molecular complexity index is 710. The molecule has 1 aromatic carbocycles. The third kappa shape index (κ3) is 7.04. The van der Waals surface area contributed by atoms with Crippen LogP contribution in [0.3, 0.4) is 0 Å². The standard InChI is InChI=1S/C21H31N3O5.ClH/c1-2-12-28-21(27)22-15-8-10-24(11-9-15)13-16(25)14-29-19-5-3-4-18-17(19)6-7-20(26)23-18;/h3-5,15-16,25H,2,6-14H2,1H3,(H,22,27)(H,23,26);1H. The number of carbonyl (C=O) groups excluding carboxylic acids is 2. The second kappa shape index (κ2) is 12.0. The zero-order chi connectivity index (χ0) is 20.6. The molecular weight excluding hydrogens is 410 g/mol. The minimum Gasteiger partial charge on any atom is -0.490 e. The van der Waals surface area contributed by atoms with Crippen LogP contribution in [0, 0.1) is 0 Å². The lowest BCUT2D eigenvalue weighted by atomic mass is 10.0. The highest BCUT2D eigenvalue weighted by Crippen LogP contribution is 2.31. The third-order valence-electron chi connectivity index (χ3n) is 5.26. The molecule has 1 aromatic rings. The number of aliphatic hydroxyl groups is 1. The molecule has 3 rings (SSSR count). The molecular formula is C21H32ClN3O5. The first-order valence-electron chi connectivity index (χ1n) is 10.4. The summed E-state index contributed by atoms with van der Waals surface area (Å²) in [5.41, 5.74) is 1.78. The maximum Gasteiger partial charge on any atom is 0.407 e. The van der Waals surface area contributed by atoms with Crippen LogP contribution in [-0.2, 0) is 16.0 Å². The van der Waals surface area contributed by atoms with Crippen LogP contribution in [0.4, 0.5) is 10.5 Å². The molecule has 1 fully saturated rings. The summed E-state index contributed by atoms with van der Waals surface area (Å²) >= 11 is 0. The van der Waals surface area contributed by atoms with Crippen molar-refractivity contribution >= 4 is 30.1 Å². The first kappa shape index (κ1) is 24.2. The van der Waals surface area contributed by atoms with Crippen LogP contribution in [0.25, 0.3) is 0 Å². The van der Waals surface area contributed by atoms with Crippen molar-refractivity contribution < 1.29 is 24.2 Å². The minimum absolute atomic E-state index is 0. The number of carbonyl (C=O) groups is 2. The second-order valence-corrected chi connectivity index (χ2v) is 7.65. The molecule has 30 heavy (non-hydrogen) atoms. The van der Waals surface area contributed by atoms with Crippen molar-refractivity contribution in [2.75, 3.05) is 38.2 Å². The number of nitrogens with one attached hydrogen (secondary N) is 2. The maximum absolute atomic E-state index is 11.6. The fraction of sp³-hybridized carbons (Fsp3) is 0.619. The van der Waals surface area contributed by atoms with Gasteiger partial charge < -0.3 is 30.1 Å². The monoisotopic (exact) mass is 441 g/mol. The second-order valence-electron chi connectivity index (χ2n) is 7.65. The van der Waals surface area contributed by atoms with E-state index in [2.05, 4.69) is 15.5 Å². The number of benzene rings is 1.